The lowest BCUT2D eigenvalue weighted by atomic mass is 10.4. The molecule has 0 saturated heterocycles. The summed E-state index contributed by atoms with van der Waals surface area (Å²) in [6.45, 7) is 3.27. The fourth-order valence-electron chi connectivity index (χ4n) is 1.59. The Kier molecular flexibility index (Phi) is 4.04. The van der Waals surface area contributed by atoms with Gasteiger partial charge in [-0.05, 0) is 19.9 Å². The molecule has 0 atom stereocenters. The number of nitrogens with one attached hydrogen (secondary N) is 1. The van der Waals surface area contributed by atoms with Gasteiger partial charge in [-0.3, -0.25) is 0 Å². The quantitative estimate of drug-likeness (QED) is 0.869. The van der Waals surface area contributed by atoms with Gasteiger partial charge in [0, 0.05) is 9.75 Å². The van der Waals surface area contributed by atoms with Crippen LogP contribution in [0, 0.1) is 13.8 Å². The molecule has 0 radical (unpaired) electrons. The highest BCUT2D eigenvalue weighted by molar-refractivity contribution is 7.89. The molecule has 0 bridgehead atoms. The van der Waals surface area contributed by atoms with Crippen LogP contribution >= 0.6 is 11.3 Å². The molecule has 0 fully saturated rings. The lowest BCUT2D eigenvalue weighted by Crippen LogP contribution is -2.23. The lowest BCUT2D eigenvalue weighted by Gasteiger charge is -2.03. The third-order valence-electron chi connectivity index (χ3n) is 2.45. The van der Waals surface area contributed by atoms with Crippen molar-refractivity contribution in [1.82, 2.24) is 9.71 Å². The first kappa shape index (κ1) is 14.2. The number of aryl methyl sites for hydroxylation is 2. The van der Waals surface area contributed by atoms with E-state index in [1.807, 2.05) is 0 Å². The van der Waals surface area contributed by atoms with Gasteiger partial charge in [-0.25, -0.2) is 18.1 Å². The molecule has 8 heteroatoms. The van der Waals surface area contributed by atoms with Crippen LogP contribution in [-0.2, 0) is 23.2 Å². The molecule has 0 unspecified atom stereocenters. The molecular formula is C11H14N2O4S2. The molecule has 0 spiro atoms. The van der Waals surface area contributed by atoms with Crippen LogP contribution in [0.3, 0.4) is 0 Å². The van der Waals surface area contributed by atoms with Gasteiger partial charge >= 0.3 is 0 Å². The highest BCUT2D eigenvalue weighted by atomic mass is 32.2. The molecule has 2 rings (SSSR count). The summed E-state index contributed by atoms with van der Waals surface area (Å²) in [5, 5.41) is 9.02. The zero-order valence-corrected chi connectivity index (χ0v) is 12.1. The number of hydrogen-bond donors (Lipinski definition) is 2. The largest absolute Gasteiger partial charge is 0.445 e. The van der Waals surface area contributed by atoms with Crippen molar-refractivity contribution in [2.45, 2.75) is 31.9 Å². The number of hydrogen-bond acceptors (Lipinski definition) is 6. The number of rotatable bonds is 5. The smallest absolute Gasteiger partial charge is 0.242 e. The van der Waals surface area contributed by atoms with Gasteiger partial charge in [0.15, 0.2) is 0 Å². The van der Waals surface area contributed by atoms with Crippen molar-refractivity contribution in [3.63, 3.8) is 0 Å². The molecule has 2 heterocycles. The summed E-state index contributed by atoms with van der Waals surface area (Å²) in [6.07, 6.45) is 1.53. The van der Waals surface area contributed by atoms with E-state index in [1.54, 1.807) is 13.8 Å². The van der Waals surface area contributed by atoms with E-state index in [-0.39, 0.29) is 18.0 Å². The Labute approximate surface area is 115 Å². The van der Waals surface area contributed by atoms with Crippen molar-refractivity contribution < 1.29 is 17.9 Å². The third-order valence-corrected chi connectivity index (χ3v) is 5.14. The van der Waals surface area contributed by atoms with Crippen LogP contribution in [0.4, 0.5) is 0 Å². The number of oxazole rings is 1. The van der Waals surface area contributed by atoms with Gasteiger partial charge in [0.05, 0.1) is 24.2 Å². The summed E-state index contributed by atoms with van der Waals surface area (Å²) in [4.78, 5) is 5.36. The maximum absolute atomic E-state index is 12.1. The third kappa shape index (κ3) is 3.21. The van der Waals surface area contributed by atoms with Crippen LogP contribution in [0.5, 0.6) is 0 Å². The first-order valence-electron chi connectivity index (χ1n) is 5.53. The number of nitrogens with zero attached hydrogens (tertiary/aromatic N) is 1. The molecule has 0 aromatic carbocycles. The van der Waals surface area contributed by atoms with Gasteiger partial charge in [-0.2, -0.15) is 0 Å². The number of aromatic nitrogens is 1. The Bertz CT molecular complexity index is 673. The second kappa shape index (κ2) is 5.41. The van der Waals surface area contributed by atoms with E-state index in [2.05, 4.69) is 9.71 Å². The molecule has 2 aromatic heterocycles. The Morgan fingerprint density at radius 2 is 2.21 bits per heavy atom. The summed E-state index contributed by atoms with van der Waals surface area (Å²) in [6, 6.07) is 1.48. The standard InChI is InChI=1S/C11H14N2O4S2/c1-7-4-12-11(17-7)5-13-19(15,16)10-3-9(6-14)18-8(10)2/h3-4,13-14H,5-6H2,1-2H3. The zero-order valence-electron chi connectivity index (χ0n) is 10.5. The average molecular weight is 302 g/mol. The van der Waals surface area contributed by atoms with Gasteiger partial charge < -0.3 is 9.52 Å². The van der Waals surface area contributed by atoms with E-state index in [4.69, 9.17) is 9.52 Å². The summed E-state index contributed by atoms with van der Waals surface area (Å²) >= 11 is 1.26. The van der Waals surface area contributed by atoms with Crippen LogP contribution in [0.2, 0.25) is 0 Å². The van der Waals surface area contributed by atoms with E-state index < -0.39 is 10.0 Å². The van der Waals surface area contributed by atoms with Crippen LogP contribution in [0.25, 0.3) is 0 Å². The first-order valence-corrected chi connectivity index (χ1v) is 7.83. The second-order valence-electron chi connectivity index (χ2n) is 3.98. The van der Waals surface area contributed by atoms with Crippen LogP contribution in [-0.4, -0.2) is 18.5 Å². The first-order chi connectivity index (χ1) is 8.92. The topological polar surface area (TPSA) is 92.4 Å². The summed E-state index contributed by atoms with van der Waals surface area (Å²) in [5.41, 5.74) is 0. The fourth-order valence-corrected chi connectivity index (χ4v) is 4.05. The average Bonchev–Trinajstić information content (AvgIpc) is 2.93. The van der Waals surface area contributed by atoms with Crippen molar-refractivity contribution in [2.24, 2.45) is 0 Å². The van der Waals surface area contributed by atoms with Crippen molar-refractivity contribution in [1.29, 1.82) is 0 Å². The number of aliphatic hydroxyl groups is 1. The number of aliphatic hydroxyl groups excluding tert-OH is 1. The highest BCUT2D eigenvalue weighted by Gasteiger charge is 2.20. The summed E-state index contributed by atoms with van der Waals surface area (Å²) in [7, 11) is -3.62. The zero-order chi connectivity index (χ0) is 14.0. The minimum absolute atomic E-state index is 0.0000810. The number of thiophene rings is 1. The Hall–Kier alpha value is -1.22. The van der Waals surface area contributed by atoms with E-state index in [9.17, 15) is 8.42 Å². The van der Waals surface area contributed by atoms with Crippen LogP contribution in [0.15, 0.2) is 21.6 Å². The van der Waals surface area contributed by atoms with E-state index in [1.165, 1.54) is 23.6 Å². The maximum Gasteiger partial charge on any atom is 0.242 e. The normalized spacial score (nSPS) is 11.9. The molecule has 6 nitrogen and oxygen atoms in total. The van der Waals surface area contributed by atoms with Crippen LogP contribution in [0.1, 0.15) is 21.4 Å². The fraction of sp³-hybridized carbons (Fsp3) is 0.364. The van der Waals surface area contributed by atoms with E-state index >= 15 is 0 Å². The van der Waals surface area contributed by atoms with Crippen molar-refractivity contribution in [3.05, 3.63) is 33.7 Å². The summed E-state index contributed by atoms with van der Waals surface area (Å²) < 4.78 is 31.8. The molecule has 19 heavy (non-hydrogen) atoms. The van der Waals surface area contributed by atoms with Gasteiger partial charge in [0.2, 0.25) is 15.9 Å². The second-order valence-corrected chi connectivity index (χ2v) is 7.06. The minimum Gasteiger partial charge on any atom is -0.445 e. The minimum atomic E-state index is -3.62. The molecule has 2 N–H and O–H groups in total. The predicted molar refractivity (Wildman–Crippen MR) is 70.2 cm³/mol. The van der Waals surface area contributed by atoms with Crippen LogP contribution < -0.4 is 4.72 Å². The molecule has 2 aromatic rings. The molecule has 0 amide bonds. The Morgan fingerprint density at radius 3 is 2.74 bits per heavy atom. The molecule has 0 aliphatic heterocycles. The molecule has 104 valence electrons. The molecular weight excluding hydrogens is 288 g/mol. The predicted octanol–water partition coefficient (Wildman–Crippen LogP) is 1.32. The van der Waals surface area contributed by atoms with Gasteiger partial charge in [-0.1, -0.05) is 0 Å². The number of sulfonamides is 1. The highest BCUT2D eigenvalue weighted by Crippen LogP contribution is 2.25. The summed E-state index contributed by atoms with van der Waals surface area (Å²) in [5.74, 6) is 0.944. The lowest BCUT2D eigenvalue weighted by molar-refractivity contribution is 0.285. The van der Waals surface area contributed by atoms with Crippen molar-refractivity contribution >= 4 is 21.4 Å². The molecule has 0 saturated carbocycles. The monoisotopic (exact) mass is 302 g/mol. The van der Waals surface area contributed by atoms with Gasteiger partial charge in [-0.15, -0.1) is 11.3 Å². The van der Waals surface area contributed by atoms with E-state index in [0.29, 0.717) is 21.4 Å². The van der Waals surface area contributed by atoms with Gasteiger partial charge in [0.1, 0.15) is 5.76 Å². The van der Waals surface area contributed by atoms with Gasteiger partial charge in [0.25, 0.3) is 0 Å². The molecule has 0 aliphatic rings. The Morgan fingerprint density at radius 1 is 1.47 bits per heavy atom. The molecule has 0 aliphatic carbocycles. The Balaban J connectivity index is 2.15. The SMILES string of the molecule is Cc1cnc(CNS(=O)(=O)c2cc(CO)sc2C)o1. The maximum atomic E-state index is 12.1. The van der Waals surface area contributed by atoms with Crippen molar-refractivity contribution in [3.8, 4) is 0 Å². The van der Waals surface area contributed by atoms with Crippen molar-refractivity contribution in [2.75, 3.05) is 0 Å². The van der Waals surface area contributed by atoms with E-state index in [0.717, 1.165) is 0 Å².